The van der Waals surface area contributed by atoms with E-state index in [0.29, 0.717) is 22.7 Å². The van der Waals surface area contributed by atoms with Gasteiger partial charge in [-0.3, -0.25) is 0 Å². The zero-order valence-electron chi connectivity index (χ0n) is 20.4. The molecule has 0 aliphatic rings. The quantitative estimate of drug-likeness (QED) is 0.235. The zero-order chi connectivity index (χ0) is 26.2. The maximum absolute atomic E-state index is 13.3. The third kappa shape index (κ3) is 5.71. The topological polar surface area (TPSA) is 59.1 Å². The average molecular weight is 501 g/mol. The molecule has 0 saturated carbocycles. The van der Waals surface area contributed by atoms with Gasteiger partial charge in [-0.25, -0.2) is 19.4 Å². The van der Waals surface area contributed by atoms with Gasteiger partial charge in [-0.2, -0.15) is 0 Å². The number of nitrogens with zero attached hydrogens (tertiary/aromatic N) is 2. The number of carbonyl (C=O) groups excluding carboxylic acids is 2. The van der Waals surface area contributed by atoms with E-state index < -0.39 is 12.2 Å². The summed E-state index contributed by atoms with van der Waals surface area (Å²) in [4.78, 5) is 29.6. The van der Waals surface area contributed by atoms with Gasteiger partial charge in [-0.1, -0.05) is 78.9 Å². The minimum Gasteiger partial charge on any atom is -0.410 e. The van der Waals surface area contributed by atoms with Crippen molar-refractivity contribution >= 4 is 34.9 Å². The lowest BCUT2D eigenvalue weighted by atomic mass is 10.2. The average Bonchev–Trinajstić information content (AvgIpc) is 2.96. The smallest absolute Gasteiger partial charge is 0.410 e. The molecule has 0 aromatic heterocycles. The maximum Gasteiger partial charge on any atom is 0.424 e. The van der Waals surface area contributed by atoms with Crippen molar-refractivity contribution < 1.29 is 19.1 Å². The van der Waals surface area contributed by atoms with E-state index in [1.807, 2.05) is 121 Å². The molecule has 0 aliphatic heterocycles. The van der Waals surface area contributed by atoms with Crippen LogP contribution in [0, 0.1) is 0 Å². The molecule has 0 heterocycles. The first-order valence-corrected chi connectivity index (χ1v) is 12.0. The van der Waals surface area contributed by atoms with Crippen molar-refractivity contribution in [2.24, 2.45) is 0 Å². The Balaban J connectivity index is 1.37. The predicted octanol–water partition coefficient (Wildman–Crippen LogP) is 8.36. The molecule has 0 aliphatic carbocycles. The van der Waals surface area contributed by atoms with E-state index in [2.05, 4.69) is 0 Å². The van der Waals surface area contributed by atoms with Gasteiger partial charge in [-0.05, 0) is 60.7 Å². The van der Waals surface area contributed by atoms with E-state index >= 15 is 0 Å². The highest BCUT2D eigenvalue weighted by molar-refractivity contribution is 5.98. The summed E-state index contributed by atoms with van der Waals surface area (Å²) in [7, 11) is 0. The third-order valence-electron chi connectivity index (χ3n) is 5.64. The van der Waals surface area contributed by atoms with Gasteiger partial charge < -0.3 is 9.47 Å². The first-order chi connectivity index (χ1) is 18.7. The molecule has 0 saturated heterocycles. The van der Waals surface area contributed by atoms with Crippen LogP contribution >= 0.6 is 0 Å². The number of benzene rings is 5. The Hall–Kier alpha value is -5.36. The summed E-state index contributed by atoms with van der Waals surface area (Å²) in [5, 5.41) is 0. The fourth-order valence-corrected chi connectivity index (χ4v) is 3.92. The van der Waals surface area contributed by atoms with Crippen molar-refractivity contribution in [2.75, 3.05) is 9.80 Å². The summed E-state index contributed by atoms with van der Waals surface area (Å²) in [5.74, 6) is 0.478. The predicted molar refractivity (Wildman–Crippen MR) is 149 cm³/mol. The largest absolute Gasteiger partial charge is 0.424 e. The van der Waals surface area contributed by atoms with Gasteiger partial charge in [0.15, 0.2) is 0 Å². The Labute approximate surface area is 220 Å². The molecule has 5 rings (SSSR count). The monoisotopic (exact) mass is 500 g/mol. The Kier molecular flexibility index (Phi) is 7.42. The number of hydrogen-bond acceptors (Lipinski definition) is 4. The standard InChI is InChI=1S/C32H24N2O4/c35-31(33(25-14-5-1-6-15-25)26-16-7-2-8-17-26)37-29-22-13-23-30(24-29)38-32(36)34(27-18-9-3-10-19-27)28-20-11-4-12-21-28/h1-24H. The molecule has 186 valence electrons. The highest BCUT2D eigenvalue weighted by atomic mass is 16.6. The molecule has 5 aromatic rings. The van der Waals surface area contributed by atoms with Gasteiger partial charge in [-0.15, -0.1) is 0 Å². The van der Waals surface area contributed by atoms with Crippen LogP contribution < -0.4 is 19.3 Å². The van der Waals surface area contributed by atoms with Crippen molar-refractivity contribution in [1.82, 2.24) is 0 Å². The molecule has 0 radical (unpaired) electrons. The number of hydrogen-bond donors (Lipinski definition) is 0. The van der Waals surface area contributed by atoms with Gasteiger partial charge in [0.05, 0.1) is 22.7 Å². The van der Waals surface area contributed by atoms with Crippen LogP contribution in [-0.2, 0) is 0 Å². The molecule has 0 spiro atoms. The van der Waals surface area contributed by atoms with Crippen LogP contribution in [0.25, 0.3) is 0 Å². The number of anilines is 4. The molecule has 6 nitrogen and oxygen atoms in total. The third-order valence-corrected chi connectivity index (χ3v) is 5.64. The fourth-order valence-electron chi connectivity index (χ4n) is 3.92. The zero-order valence-corrected chi connectivity index (χ0v) is 20.4. The van der Waals surface area contributed by atoms with Crippen LogP contribution in [0.15, 0.2) is 146 Å². The lowest BCUT2D eigenvalue weighted by Crippen LogP contribution is -2.29. The normalized spacial score (nSPS) is 10.3. The molecule has 0 fully saturated rings. The van der Waals surface area contributed by atoms with Crippen molar-refractivity contribution in [3.8, 4) is 11.5 Å². The van der Waals surface area contributed by atoms with Crippen LogP contribution in [0.3, 0.4) is 0 Å². The molecule has 2 amide bonds. The van der Waals surface area contributed by atoms with E-state index in [9.17, 15) is 9.59 Å². The lowest BCUT2D eigenvalue weighted by Gasteiger charge is -2.23. The molecular formula is C32H24N2O4. The Morgan fingerprint density at radius 1 is 0.395 bits per heavy atom. The Bertz CT molecular complexity index is 1300. The highest BCUT2D eigenvalue weighted by Crippen LogP contribution is 2.30. The maximum atomic E-state index is 13.3. The highest BCUT2D eigenvalue weighted by Gasteiger charge is 2.22. The van der Waals surface area contributed by atoms with Crippen molar-refractivity contribution in [3.63, 3.8) is 0 Å². The molecule has 38 heavy (non-hydrogen) atoms. The van der Waals surface area contributed by atoms with Crippen LogP contribution in [0.5, 0.6) is 11.5 Å². The minimum atomic E-state index is -0.596. The van der Waals surface area contributed by atoms with Crippen molar-refractivity contribution in [2.45, 2.75) is 0 Å². The number of carbonyl (C=O) groups is 2. The van der Waals surface area contributed by atoms with Crippen LogP contribution in [-0.4, -0.2) is 12.2 Å². The molecule has 0 bridgehead atoms. The Morgan fingerprint density at radius 3 is 0.974 bits per heavy atom. The van der Waals surface area contributed by atoms with E-state index in [-0.39, 0.29) is 11.5 Å². The van der Waals surface area contributed by atoms with Crippen LogP contribution in [0.1, 0.15) is 0 Å². The fraction of sp³-hybridized carbons (Fsp3) is 0. The lowest BCUT2D eigenvalue weighted by molar-refractivity contribution is 0.209. The number of rotatable bonds is 6. The summed E-state index contributed by atoms with van der Waals surface area (Å²) >= 11 is 0. The molecule has 5 aromatic carbocycles. The molecule has 0 unspecified atom stereocenters. The summed E-state index contributed by atoms with van der Waals surface area (Å²) in [6.07, 6.45) is -1.19. The first kappa shape index (κ1) is 24.3. The second-order valence-corrected chi connectivity index (χ2v) is 8.22. The molecular weight excluding hydrogens is 476 g/mol. The van der Waals surface area contributed by atoms with Gasteiger partial charge in [0.25, 0.3) is 0 Å². The van der Waals surface area contributed by atoms with Gasteiger partial charge in [0.2, 0.25) is 0 Å². The molecule has 0 N–H and O–H groups in total. The van der Waals surface area contributed by atoms with E-state index in [4.69, 9.17) is 9.47 Å². The van der Waals surface area contributed by atoms with Gasteiger partial charge in [0.1, 0.15) is 11.5 Å². The summed E-state index contributed by atoms with van der Waals surface area (Å²) in [6, 6.07) is 43.4. The van der Waals surface area contributed by atoms with E-state index in [0.717, 1.165) is 0 Å². The second kappa shape index (κ2) is 11.6. The summed E-state index contributed by atoms with van der Waals surface area (Å²) in [5.41, 5.74) is 2.64. The Morgan fingerprint density at radius 2 is 0.684 bits per heavy atom. The first-order valence-electron chi connectivity index (χ1n) is 12.0. The summed E-state index contributed by atoms with van der Waals surface area (Å²) in [6.45, 7) is 0. The van der Waals surface area contributed by atoms with Crippen molar-refractivity contribution in [3.05, 3.63) is 146 Å². The van der Waals surface area contributed by atoms with Crippen molar-refractivity contribution in [1.29, 1.82) is 0 Å². The summed E-state index contributed by atoms with van der Waals surface area (Å²) < 4.78 is 11.4. The van der Waals surface area contributed by atoms with Gasteiger partial charge in [0, 0.05) is 6.07 Å². The SMILES string of the molecule is O=C(Oc1cccc(OC(=O)N(c2ccccc2)c2ccccc2)c1)N(c1ccccc1)c1ccccc1. The number of ether oxygens (including phenoxy) is 2. The van der Waals surface area contributed by atoms with Crippen LogP contribution in [0.2, 0.25) is 0 Å². The van der Waals surface area contributed by atoms with E-state index in [1.54, 1.807) is 18.2 Å². The minimum absolute atomic E-state index is 0.239. The number of amides is 2. The van der Waals surface area contributed by atoms with Crippen LogP contribution in [0.4, 0.5) is 32.3 Å². The molecule has 0 atom stereocenters. The van der Waals surface area contributed by atoms with E-state index in [1.165, 1.54) is 15.9 Å². The number of para-hydroxylation sites is 4. The second-order valence-electron chi connectivity index (χ2n) is 8.22. The molecule has 6 heteroatoms. The van der Waals surface area contributed by atoms with Gasteiger partial charge >= 0.3 is 12.2 Å².